The van der Waals surface area contributed by atoms with Crippen molar-refractivity contribution < 1.29 is 37.4 Å². The monoisotopic (exact) mass is 281 g/mol. The molecule has 0 aromatic heterocycles. The van der Waals surface area contributed by atoms with Crippen LogP contribution >= 0.6 is 0 Å². The molecule has 1 aromatic carbocycles. The Bertz CT molecular complexity index is 515. The SMILES string of the molecule is O=C(O)c1cc(NC(=O)C(F)C(F)(F)F)ccc1O. The van der Waals surface area contributed by atoms with Gasteiger partial charge in [-0.25, -0.2) is 9.18 Å². The third-order valence-corrected chi connectivity index (χ3v) is 2.01. The molecule has 0 spiro atoms. The van der Waals surface area contributed by atoms with Crippen LogP contribution in [0.1, 0.15) is 10.4 Å². The molecule has 0 saturated heterocycles. The van der Waals surface area contributed by atoms with Gasteiger partial charge in [0, 0.05) is 5.69 Å². The van der Waals surface area contributed by atoms with Gasteiger partial charge in [0.2, 0.25) is 0 Å². The van der Waals surface area contributed by atoms with E-state index in [1.165, 1.54) is 0 Å². The molecule has 3 N–H and O–H groups in total. The summed E-state index contributed by atoms with van der Waals surface area (Å²) in [5.74, 6) is -4.17. The number of rotatable bonds is 3. The Balaban J connectivity index is 2.92. The van der Waals surface area contributed by atoms with Crippen LogP contribution in [0.25, 0.3) is 0 Å². The van der Waals surface area contributed by atoms with Gasteiger partial charge in [-0.3, -0.25) is 4.79 Å². The van der Waals surface area contributed by atoms with Crippen molar-refractivity contribution in [2.24, 2.45) is 0 Å². The highest BCUT2D eigenvalue weighted by Gasteiger charge is 2.45. The van der Waals surface area contributed by atoms with E-state index in [1.807, 2.05) is 0 Å². The maximum Gasteiger partial charge on any atom is 0.428 e. The van der Waals surface area contributed by atoms with Crippen LogP contribution in [0.3, 0.4) is 0 Å². The predicted molar refractivity (Wildman–Crippen MR) is 54.6 cm³/mol. The van der Waals surface area contributed by atoms with Crippen LogP contribution in [-0.2, 0) is 4.79 Å². The highest BCUT2D eigenvalue weighted by Crippen LogP contribution is 2.25. The summed E-state index contributed by atoms with van der Waals surface area (Å²) in [4.78, 5) is 21.5. The molecule has 0 aliphatic carbocycles. The fraction of sp³-hybridized carbons (Fsp3) is 0.200. The second-order valence-electron chi connectivity index (χ2n) is 3.43. The van der Waals surface area contributed by atoms with Gasteiger partial charge < -0.3 is 15.5 Å². The summed E-state index contributed by atoms with van der Waals surface area (Å²) in [5, 5.41) is 19.3. The summed E-state index contributed by atoms with van der Waals surface area (Å²) in [6.07, 6.45) is -9.08. The largest absolute Gasteiger partial charge is 0.507 e. The number of hydrogen-bond donors (Lipinski definition) is 3. The van der Waals surface area contributed by atoms with Gasteiger partial charge in [0.15, 0.2) is 0 Å². The number of halogens is 4. The molecule has 0 bridgehead atoms. The second kappa shape index (κ2) is 5.12. The molecular formula is C10H7F4NO4. The number of alkyl halides is 4. The van der Waals surface area contributed by atoms with Crippen molar-refractivity contribution in [2.45, 2.75) is 12.3 Å². The summed E-state index contributed by atoms with van der Waals surface area (Å²) in [7, 11) is 0. The third kappa shape index (κ3) is 3.57. The minimum Gasteiger partial charge on any atom is -0.507 e. The van der Waals surface area contributed by atoms with Crippen LogP contribution in [0.4, 0.5) is 23.2 Å². The Morgan fingerprint density at radius 3 is 2.32 bits per heavy atom. The first-order valence-corrected chi connectivity index (χ1v) is 4.71. The molecule has 104 valence electrons. The predicted octanol–water partition coefficient (Wildman–Crippen LogP) is 1.93. The number of hydrogen-bond acceptors (Lipinski definition) is 3. The Morgan fingerprint density at radius 2 is 1.84 bits per heavy atom. The number of carboxylic acid groups (broad SMARTS) is 1. The van der Waals surface area contributed by atoms with Gasteiger partial charge in [-0.2, -0.15) is 13.2 Å². The Labute approximate surface area is 103 Å². The maximum absolute atomic E-state index is 12.6. The van der Waals surface area contributed by atoms with E-state index in [1.54, 1.807) is 5.32 Å². The smallest absolute Gasteiger partial charge is 0.428 e. The Morgan fingerprint density at radius 1 is 1.26 bits per heavy atom. The van der Waals surface area contributed by atoms with Crippen molar-refractivity contribution in [3.63, 3.8) is 0 Å². The van der Waals surface area contributed by atoms with Crippen LogP contribution in [0.15, 0.2) is 18.2 Å². The van der Waals surface area contributed by atoms with Gasteiger partial charge in [-0.1, -0.05) is 0 Å². The number of nitrogens with one attached hydrogen (secondary N) is 1. The molecule has 9 heteroatoms. The van der Waals surface area contributed by atoms with E-state index >= 15 is 0 Å². The number of carbonyl (C=O) groups is 2. The summed E-state index contributed by atoms with van der Waals surface area (Å²) in [5.41, 5.74) is -1.02. The quantitative estimate of drug-likeness (QED) is 0.583. The number of amides is 1. The number of anilines is 1. The second-order valence-corrected chi connectivity index (χ2v) is 3.43. The van der Waals surface area contributed by atoms with Crippen molar-refractivity contribution in [3.05, 3.63) is 23.8 Å². The van der Waals surface area contributed by atoms with Gasteiger partial charge >= 0.3 is 12.1 Å². The van der Waals surface area contributed by atoms with Crippen molar-refractivity contribution in [1.82, 2.24) is 0 Å². The molecule has 1 rings (SSSR count). The van der Waals surface area contributed by atoms with Gasteiger partial charge in [-0.15, -0.1) is 0 Å². The van der Waals surface area contributed by atoms with Crippen LogP contribution < -0.4 is 5.32 Å². The minimum atomic E-state index is -5.35. The molecule has 19 heavy (non-hydrogen) atoms. The number of aromatic hydroxyl groups is 1. The number of carboxylic acids is 1. The van der Waals surface area contributed by atoms with Crippen molar-refractivity contribution in [2.75, 3.05) is 5.32 Å². The summed E-state index contributed by atoms with van der Waals surface area (Å²) in [6.45, 7) is 0. The molecule has 1 amide bonds. The van der Waals surface area contributed by atoms with E-state index < -0.39 is 35.5 Å². The lowest BCUT2D eigenvalue weighted by molar-refractivity contribution is -0.183. The Hall–Kier alpha value is -2.32. The summed E-state index contributed by atoms with van der Waals surface area (Å²) < 4.78 is 48.3. The molecule has 5 nitrogen and oxygen atoms in total. The van der Waals surface area contributed by atoms with Gasteiger partial charge in [0.25, 0.3) is 12.1 Å². The molecule has 0 heterocycles. The molecule has 1 unspecified atom stereocenters. The average molecular weight is 281 g/mol. The van der Waals surface area contributed by atoms with E-state index in [2.05, 4.69) is 0 Å². The van der Waals surface area contributed by atoms with Gasteiger partial charge in [0.05, 0.1) is 0 Å². The first kappa shape index (κ1) is 14.7. The first-order valence-electron chi connectivity index (χ1n) is 4.71. The highest BCUT2D eigenvalue weighted by atomic mass is 19.4. The van der Waals surface area contributed by atoms with Crippen molar-refractivity contribution in [3.8, 4) is 5.75 Å². The van der Waals surface area contributed by atoms with Crippen molar-refractivity contribution >= 4 is 17.6 Å². The molecule has 0 fully saturated rings. The Kier molecular flexibility index (Phi) is 3.98. The molecule has 1 aromatic rings. The van der Waals surface area contributed by atoms with E-state index in [-0.39, 0.29) is 5.69 Å². The third-order valence-electron chi connectivity index (χ3n) is 2.01. The standard InChI is InChI=1S/C10H7F4NO4/c11-7(10(12,13)14)8(17)15-4-1-2-6(16)5(3-4)9(18)19/h1-3,7,16H,(H,15,17)(H,18,19). The minimum absolute atomic E-state index is 0.382. The van der Waals surface area contributed by atoms with Gasteiger partial charge in [0.1, 0.15) is 11.3 Å². The zero-order chi connectivity index (χ0) is 14.8. The van der Waals surface area contributed by atoms with Crippen LogP contribution in [0.2, 0.25) is 0 Å². The van der Waals surface area contributed by atoms with Crippen LogP contribution in [0.5, 0.6) is 5.75 Å². The molecule has 1 atom stereocenters. The number of benzene rings is 1. The average Bonchev–Trinajstić information content (AvgIpc) is 2.29. The fourth-order valence-electron chi connectivity index (χ4n) is 1.14. The first-order chi connectivity index (χ1) is 8.62. The van der Waals surface area contributed by atoms with E-state index in [0.29, 0.717) is 6.07 Å². The van der Waals surface area contributed by atoms with Crippen LogP contribution in [0, 0.1) is 0 Å². The number of carbonyl (C=O) groups excluding carboxylic acids is 1. The topological polar surface area (TPSA) is 86.6 Å². The lowest BCUT2D eigenvalue weighted by Crippen LogP contribution is -2.36. The normalized spacial score (nSPS) is 12.8. The molecule has 0 saturated carbocycles. The molecule has 0 aliphatic heterocycles. The van der Waals surface area contributed by atoms with E-state index in [9.17, 15) is 27.2 Å². The number of aromatic carboxylic acids is 1. The molecular weight excluding hydrogens is 274 g/mol. The highest BCUT2D eigenvalue weighted by molar-refractivity contribution is 5.97. The summed E-state index contributed by atoms with van der Waals surface area (Å²) in [6, 6.07) is 2.49. The lowest BCUT2D eigenvalue weighted by Gasteiger charge is -2.12. The molecule has 0 radical (unpaired) electrons. The zero-order valence-electron chi connectivity index (χ0n) is 9.03. The van der Waals surface area contributed by atoms with Crippen molar-refractivity contribution in [1.29, 1.82) is 0 Å². The summed E-state index contributed by atoms with van der Waals surface area (Å²) >= 11 is 0. The van der Waals surface area contributed by atoms with Crippen LogP contribution in [-0.4, -0.2) is 34.4 Å². The fourth-order valence-corrected chi connectivity index (χ4v) is 1.14. The van der Waals surface area contributed by atoms with E-state index in [0.717, 1.165) is 12.1 Å². The zero-order valence-corrected chi connectivity index (χ0v) is 9.03. The number of phenols is 1. The maximum atomic E-state index is 12.6. The van der Waals surface area contributed by atoms with E-state index in [4.69, 9.17) is 10.2 Å². The lowest BCUT2D eigenvalue weighted by atomic mass is 10.1. The van der Waals surface area contributed by atoms with Gasteiger partial charge in [-0.05, 0) is 18.2 Å². The molecule has 0 aliphatic rings.